The van der Waals surface area contributed by atoms with E-state index in [0.29, 0.717) is 19.0 Å². The van der Waals surface area contributed by atoms with Crippen molar-refractivity contribution in [3.05, 3.63) is 17.5 Å². The molecular weight excluding hydrogens is 355 g/mol. The maximum Gasteiger partial charge on any atom is 0.405 e. The highest BCUT2D eigenvalue weighted by molar-refractivity contribution is 5.91. The van der Waals surface area contributed by atoms with Crippen LogP contribution in [0.3, 0.4) is 0 Å². The number of hydrogen-bond donors (Lipinski definition) is 1. The van der Waals surface area contributed by atoms with Crippen LogP contribution in [-0.2, 0) is 12.0 Å². The van der Waals surface area contributed by atoms with Crippen LogP contribution in [0, 0.1) is 6.92 Å². The molecule has 9 nitrogen and oxygen atoms in total. The molecule has 1 saturated heterocycles. The third kappa shape index (κ3) is 2.51. The molecule has 2 aromatic rings. The Morgan fingerprint density at radius 3 is 2.77 bits per heavy atom. The van der Waals surface area contributed by atoms with E-state index in [1.807, 2.05) is 0 Å². The topological polar surface area (TPSA) is 102 Å². The number of rotatable bonds is 2. The monoisotopic (exact) mass is 371 g/mol. The Morgan fingerprint density at radius 2 is 2.12 bits per heavy atom. The minimum absolute atomic E-state index is 0.100. The number of fused-ring (bicyclic) bond motifs is 1. The molecule has 1 N–H and O–H groups in total. The predicted molar refractivity (Wildman–Crippen MR) is 80.4 cm³/mol. The molecule has 12 heteroatoms. The Kier molecular flexibility index (Phi) is 3.66. The van der Waals surface area contributed by atoms with Crippen LogP contribution < -0.4 is 5.32 Å². The second-order valence-corrected chi connectivity index (χ2v) is 6.47. The number of aromatic nitrogens is 5. The lowest BCUT2D eigenvalue weighted by Gasteiger charge is -2.27. The van der Waals surface area contributed by atoms with Gasteiger partial charge < -0.3 is 14.7 Å². The second-order valence-electron chi connectivity index (χ2n) is 6.47. The van der Waals surface area contributed by atoms with Crippen molar-refractivity contribution >= 4 is 11.9 Å². The van der Waals surface area contributed by atoms with Crippen LogP contribution in [0.5, 0.6) is 0 Å². The van der Waals surface area contributed by atoms with Crippen LogP contribution in [0.1, 0.15) is 35.2 Å². The molecule has 0 radical (unpaired) electrons. The summed E-state index contributed by atoms with van der Waals surface area (Å²) in [4.78, 5) is 21.6. The number of carbonyl (C=O) groups is 1. The number of halogens is 3. The van der Waals surface area contributed by atoms with Crippen molar-refractivity contribution in [1.29, 1.82) is 0 Å². The third-order valence-electron chi connectivity index (χ3n) is 4.73. The summed E-state index contributed by atoms with van der Waals surface area (Å²) in [6.45, 7) is 2.06. The van der Waals surface area contributed by atoms with Gasteiger partial charge in [0.1, 0.15) is 0 Å². The lowest BCUT2D eigenvalue weighted by atomic mass is 9.86. The highest BCUT2D eigenvalue weighted by atomic mass is 19.4. The van der Waals surface area contributed by atoms with E-state index >= 15 is 0 Å². The lowest BCUT2D eigenvalue weighted by molar-refractivity contribution is -0.193. The molecule has 0 bridgehead atoms. The highest BCUT2D eigenvalue weighted by Crippen LogP contribution is 2.47. The molecule has 2 aliphatic heterocycles. The molecule has 0 aromatic carbocycles. The molecule has 4 rings (SSSR count). The molecule has 0 spiro atoms. The Balaban J connectivity index is 1.61. The van der Waals surface area contributed by atoms with Gasteiger partial charge in [-0.1, -0.05) is 5.16 Å². The average Bonchev–Trinajstić information content (AvgIpc) is 3.30. The zero-order valence-electron chi connectivity index (χ0n) is 13.9. The molecule has 1 unspecified atom stereocenters. The third-order valence-corrected chi connectivity index (χ3v) is 4.73. The van der Waals surface area contributed by atoms with Crippen molar-refractivity contribution in [3.8, 4) is 0 Å². The molecule has 0 aliphatic carbocycles. The largest absolute Gasteiger partial charge is 0.405 e. The Bertz CT molecular complexity index is 822. The van der Waals surface area contributed by atoms with Crippen molar-refractivity contribution in [1.82, 2.24) is 29.8 Å². The van der Waals surface area contributed by atoms with Crippen LogP contribution in [0.2, 0.25) is 0 Å². The number of carbonyl (C=O) groups excluding carboxylic acids is 1. The van der Waals surface area contributed by atoms with Gasteiger partial charge in [-0.05, 0) is 19.8 Å². The van der Waals surface area contributed by atoms with Gasteiger partial charge in [0.15, 0.2) is 11.2 Å². The van der Waals surface area contributed by atoms with E-state index in [1.165, 1.54) is 6.92 Å². The van der Waals surface area contributed by atoms with Gasteiger partial charge in [0.2, 0.25) is 17.7 Å². The number of hydrogen-bond acceptors (Lipinski definition) is 7. The minimum atomic E-state index is -4.64. The van der Waals surface area contributed by atoms with E-state index in [-0.39, 0.29) is 24.6 Å². The fourth-order valence-corrected chi connectivity index (χ4v) is 3.29. The number of likely N-dealkylation sites (tertiary alicyclic amines) is 1. The number of nitrogens with zero attached hydrogens (tertiary/aromatic N) is 6. The minimum Gasteiger partial charge on any atom is -0.354 e. The highest BCUT2D eigenvalue weighted by Gasteiger charge is 2.63. The van der Waals surface area contributed by atoms with Gasteiger partial charge in [-0.2, -0.15) is 23.1 Å². The standard InChI is InChI=1S/C14H16F3N7O2/c1-8-19-11(26-22-8)13(14(15,16)17)3-6-23(7-13)10(25)9-20-12-18-4-2-5-24(12)21-9/h2-7H2,1H3,(H,18,20,21). The Labute approximate surface area is 145 Å². The smallest absolute Gasteiger partial charge is 0.354 e. The summed E-state index contributed by atoms with van der Waals surface area (Å²) in [5, 5.41) is 10.6. The molecule has 4 heterocycles. The Morgan fingerprint density at radius 1 is 1.31 bits per heavy atom. The Hall–Kier alpha value is -2.66. The molecule has 140 valence electrons. The summed E-state index contributed by atoms with van der Waals surface area (Å²) in [6.07, 6.45) is -4.15. The van der Waals surface area contributed by atoms with Crippen LogP contribution in [0.15, 0.2) is 4.52 Å². The van der Waals surface area contributed by atoms with Crippen LogP contribution in [0.25, 0.3) is 0 Å². The molecule has 1 amide bonds. The van der Waals surface area contributed by atoms with Gasteiger partial charge in [0.05, 0.1) is 0 Å². The van der Waals surface area contributed by atoms with Gasteiger partial charge in [0, 0.05) is 26.2 Å². The molecule has 26 heavy (non-hydrogen) atoms. The maximum absolute atomic E-state index is 13.8. The SMILES string of the molecule is Cc1noc(C2(C(F)(F)F)CCN(C(=O)c3nc4n(n3)CCCN4)C2)n1. The summed E-state index contributed by atoms with van der Waals surface area (Å²) < 4.78 is 47.8. The molecule has 0 saturated carbocycles. The second kappa shape index (κ2) is 5.68. The van der Waals surface area contributed by atoms with E-state index < -0.39 is 29.9 Å². The summed E-state index contributed by atoms with van der Waals surface area (Å²) in [5.74, 6) is -0.710. The first kappa shape index (κ1) is 16.8. The van der Waals surface area contributed by atoms with Crippen molar-refractivity contribution in [3.63, 3.8) is 0 Å². The lowest BCUT2D eigenvalue weighted by Crippen LogP contribution is -2.46. The predicted octanol–water partition coefficient (Wildman–Crippen LogP) is 1.13. The molecule has 1 atom stereocenters. The maximum atomic E-state index is 13.8. The van der Waals surface area contributed by atoms with E-state index in [4.69, 9.17) is 4.52 Å². The van der Waals surface area contributed by atoms with E-state index in [0.717, 1.165) is 11.3 Å². The first-order valence-corrected chi connectivity index (χ1v) is 8.16. The summed E-state index contributed by atoms with van der Waals surface area (Å²) in [5.41, 5.74) is -2.37. The van der Waals surface area contributed by atoms with E-state index in [1.54, 1.807) is 4.68 Å². The van der Waals surface area contributed by atoms with Crippen molar-refractivity contribution in [2.24, 2.45) is 0 Å². The van der Waals surface area contributed by atoms with Crippen molar-refractivity contribution in [2.75, 3.05) is 25.0 Å². The van der Waals surface area contributed by atoms with Crippen molar-refractivity contribution < 1.29 is 22.5 Å². The molecular formula is C14H16F3N7O2. The zero-order valence-corrected chi connectivity index (χ0v) is 13.9. The first-order valence-electron chi connectivity index (χ1n) is 8.16. The van der Waals surface area contributed by atoms with Gasteiger partial charge in [-0.3, -0.25) is 4.79 Å². The number of aryl methyl sites for hydroxylation is 2. The number of nitrogens with one attached hydrogen (secondary N) is 1. The molecule has 2 aliphatic rings. The van der Waals surface area contributed by atoms with Gasteiger partial charge in [-0.15, -0.1) is 5.10 Å². The zero-order chi connectivity index (χ0) is 18.5. The van der Waals surface area contributed by atoms with Crippen LogP contribution in [0.4, 0.5) is 19.1 Å². The van der Waals surface area contributed by atoms with Gasteiger partial charge in [0.25, 0.3) is 5.91 Å². The van der Waals surface area contributed by atoms with E-state index in [9.17, 15) is 18.0 Å². The van der Waals surface area contributed by atoms with Crippen LogP contribution >= 0.6 is 0 Å². The quantitative estimate of drug-likeness (QED) is 0.844. The summed E-state index contributed by atoms with van der Waals surface area (Å²) in [6, 6.07) is 0. The van der Waals surface area contributed by atoms with Crippen molar-refractivity contribution in [2.45, 2.75) is 37.9 Å². The summed E-state index contributed by atoms with van der Waals surface area (Å²) >= 11 is 0. The fourth-order valence-electron chi connectivity index (χ4n) is 3.29. The van der Waals surface area contributed by atoms with E-state index in [2.05, 4.69) is 25.5 Å². The normalized spacial score (nSPS) is 23.0. The number of alkyl halides is 3. The van der Waals surface area contributed by atoms with Crippen LogP contribution in [-0.4, -0.2) is 61.5 Å². The molecule has 1 fully saturated rings. The van der Waals surface area contributed by atoms with Gasteiger partial charge in [-0.25, -0.2) is 4.68 Å². The molecule has 2 aromatic heterocycles. The average molecular weight is 371 g/mol. The number of amides is 1. The fraction of sp³-hybridized carbons (Fsp3) is 0.643. The number of anilines is 1. The van der Waals surface area contributed by atoms with Gasteiger partial charge >= 0.3 is 6.18 Å². The first-order chi connectivity index (χ1) is 12.3. The summed E-state index contributed by atoms with van der Waals surface area (Å²) in [7, 11) is 0.